The van der Waals surface area contributed by atoms with Crippen molar-refractivity contribution < 1.29 is 9.18 Å². The molecule has 2 aromatic heterocycles. The predicted molar refractivity (Wildman–Crippen MR) is 59.4 cm³/mol. The maximum Gasteiger partial charge on any atom is 0.292 e. The van der Waals surface area contributed by atoms with Crippen LogP contribution in [0.15, 0.2) is 42.7 Å². The van der Waals surface area contributed by atoms with Crippen molar-refractivity contribution in [3.8, 4) is 0 Å². The van der Waals surface area contributed by atoms with Gasteiger partial charge in [0.05, 0.1) is 6.20 Å². The van der Waals surface area contributed by atoms with Gasteiger partial charge in [0.25, 0.3) is 5.91 Å². The van der Waals surface area contributed by atoms with Crippen LogP contribution in [-0.4, -0.2) is 15.9 Å². The molecule has 2 rings (SSSR count). The maximum absolute atomic E-state index is 12.7. The van der Waals surface area contributed by atoms with Crippen LogP contribution in [0.1, 0.15) is 10.5 Å². The van der Waals surface area contributed by atoms with Gasteiger partial charge in [0.15, 0.2) is 0 Å². The van der Waals surface area contributed by atoms with Crippen LogP contribution in [-0.2, 0) is 0 Å². The van der Waals surface area contributed by atoms with E-state index in [0.717, 1.165) is 11.2 Å². The number of nitrogens with two attached hydrogens (primary N) is 1. The summed E-state index contributed by atoms with van der Waals surface area (Å²) in [6, 6.07) is 7.38. The average molecular weight is 232 g/mol. The van der Waals surface area contributed by atoms with Crippen molar-refractivity contribution in [1.82, 2.24) is 9.97 Å². The number of rotatable bonds is 2. The van der Waals surface area contributed by atoms with Crippen molar-refractivity contribution in [1.29, 1.82) is 0 Å². The fraction of sp³-hybridized carbons (Fsp3) is 0. The summed E-state index contributed by atoms with van der Waals surface area (Å²) in [7, 11) is 0. The third-order valence-electron chi connectivity index (χ3n) is 2.06. The Morgan fingerprint density at radius 1 is 1.24 bits per heavy atom. The van der Waals surface area contributed by atoms with E-state index in [1.165, 1.54) is 24.4 Å². The van der Waals surface area contributed by atoms with Gasteiger partial charge in [0.2, 0.25) is 0 Å². The molecule has 0 saturated carbocycles. The molecule has 0 unspecified atom stereocenters. The Morgan fingerprint density at radius 2 is 2.06 bits per heavy atom. The van der Waals surface area contributed by atoms with E-state index in [9.17, 15) is 9.18 Å². The highest BCUT2D eigenvalue weighted by molar-refractivity contribution is 6.03. The Kier molecular flexibility index (Phi) is 3.06. The molecule has 2 aromatic rings. The summed E-state index contributed by atoms with van der Waals surface area (Å²) in [5.41, 5.74) is 0.195. The lowest BCUT2D eigenvalue weighted by Crippen LogP contribution is -2.38. The second kappa shape index (κ2) is 4.67. The molecule has 0 bridgehead atoms. The summed E-state index contributed by atoms with van der Waals surface area (Å²) < 4.78 is 12.7. The van der Waals surface area contributed by atoms with Crippen molar-refractivity contribution in [3.63, 3.8) is 0 Å². The smallest absolute Gasteiger partial charge is 0.265 e. The number of hydrazine groups is 1. The normalized spacial score (nSPS) is 10.0. The minimum atomic E-state index is -0.510. The molecule has 0 aliphatic heterocycles. The molecule has 0 radical (unpaired) electrons. The molecule has 86 valence electrons. The first-order valence-electron chi connectivity index (χ1n) is 4.80. The molecule has 5 nitrogen and oxygen atoms in total. The van der Waals surface area contributed by atoms with Crippen LogP contribution < -0.4 is 10.9 Å². The first-order chi connectivity index (χ1) is 8.18. The van der Waals surface area contributed by atoms with Crippen molar-refractivity contribution >= 4 is 11.7 Å². The number of nitrogens with zero attached hydrogens (tertiary/aromatic N) is 3. The van der Waals surface area contributed by atoms with Crippen LogP contribution in [0.2, 0.25) is 0 Å². The standard InChI is InChI=1S/C11H9FN4O/c12-8-4-5-10(15-7-8)16(13)11(17)9-3-1-2-6-14-9/h1-7H,13H2. The SMILES string of the molecule is NN(C(=O)c1ccccn1)c1ccc(F)cn1. The zero-order valence-corrected chi connectivity index (χ0v) is 8.75. The van der Waals surface area contributed by atoms with E-state index in [-0.39, 0.29) is 11.5 Å². The van der Waals surface area contributed by atoms with E-state index >= 15 is 0 Å². The molecule has 0 spiro atoms. The third kappa shape index (κ3) is 2.43. The van der Waals surface area contributed by atoms with Gasteiger partial charge in [0.1, 0.15) is 17.3 Å². The molecule has 0 aromatic carbocycles. The second-order valence-corrected chi connectivity index (χ2v) is 3.22. The number of pyridine rings is 2. The molecule has 17 heavy (non-hydrogen) atoms. The van der Waals surface area contributed by atoms with Gasteiger partial charge in [-0.2, -0.15) is 0 Å². The number of carbonyl (C=O) groups is 1. The first-order valence-corrected chi connectivity index (χ1v) is 4.80. The van der Waals surface area contributed by atoms with Crippen LogP contribution in [0, 0.1) is 5.82 Å². The van der Waals surface area contributed by atoms with E-state index in [4.69, 9.17) is 5.84 Å². The van der Waals surface area contributed by atoms with Crippen LogP contribution in [0.25, 0.3) is 0 Å². The molecule has 0 fully saturated rings. The third-order valence-corrected chi connectivity index (χ3v) is 2.06. The Morgan fingerprint density at radius 3 is 2.65 bits per heavy atom. The summed E-state index contributed by atoms with van der Waals surface area (Å²) in [5.74, 6) is 4.73. The quantitative estimate of drug-likeness (QED) is 0.478. The number of amides is 1. The fourth-order valence-electron chi connectivity index (χ4n) is 1.23. The molecule has 6 heteroatoms. The topological polar surface area (TPSA) is 72.1 Å². The highest BCUT2D eigenvalue weighted by atomic mass is 19.1. The summed E-state index contributed by atoms with van der Waals surface area (Å²) >= 11 is 0. The molecule has 0 aliphatic carbocycles. The lowest BCUT2D eigenvalue weighted by molar-refractivity contribution is 0.0981. The Labute approximate surface area is 96.7 Å². The Bertz CT molecular complexity index is 515. The number of anilines is 1. The van der Waals surface area contributed by atoms with Gasteiger partial charge in [-0.05, 0) is 24.3 Å². The van der Waals surface area contributed by atoms with Crippen molar-refractivity contribution in [2.45, 2.75) is 0 Å². The van der Waals surface area contributed by atoms with Crippen molar-refractivity contribution in [2.24, 2.45) is 5.84 Å². The summed E-state index contributed by atoms with van der Waals surface area (Å²) in [6.45, 7) is 0. The molecular weight excluding hydrogens is 223 g/mol. The zero-order valence-electron chi connectivity index (χ0n) is 8.75. The van der Waals surface area contributed by atoms with Gasteiger partial charge in [-0.3, -0.25) is 9.78 Å². The van der Waals surface area contributed by atoms with Gasteiger partial charge >= 0.3 is 0 Å². The summed E-state index contributed by atoms with van der Waals surface area (Å²) in [6.07, 6.45) is 2.47. The Hall–Kier alpha value is -2.34. The van der Waals surface area contributed by atoms with Gasteiger partial charge < -0.3 is 0 Å². The number of carbonyl (C=O) groups excluding carboxylic acids is 1. The number of hydrogen-bond donors (Lipinski definition) is 1. The van der Waals surface area contributed by atoms with Gasteiger partial charge in [-0.1, -0.05) is 6.07 Å². The molecule has 0 aliphatic rings. The fourth-order valence-corrected chi connectivity index (χ4v) is 1.23. The predicted octanol–water partition coefficient (Wildman–Crippen LogP) is 1.14. The molecular formula is C11H9FN4O. The summed E-state index contributed by atoms with van der Waals surface area (Å²) in [5, 5.41) is 0.821. The van der Waals surface area contributed by atoms with E-state index in [1.807, 2.05) is 0 Å². The van der Waals surface area contributed by atoms with Crippen LogP contribution in [0.4, 0.5) is 10.2 Å². The zero-order chi connectivity index (χ0) is 12.3. The second-order valence-electron chi connectivity index (χ2n) is 3.22. The van der Waals surface area contributed by atoms with E-state index in [2.05, 4.69) is 9.97 Å². The number of halogens is 1. The van der Waals surface area contributed by atoms with Gasteiger partial charge in [-0.15, -0.1) is 0 Å². The number of aromatic nitrogens is 2. The van der Waals surface area contributed by atoms with Crippen molar-refractivity contribution in [3.05, 3.63) is 54.2 Å². The van der Waals surface area contributed by atoms with Gasteiger partial charge in [0, 0.05) is 6.20 Å². The minimum absolute atomic E-state index is 0.155. The minimum Gasteiger partial charge on any atom is -0.265 e. The van der Waals surface area contributed by atoms with Crippen LogP contribution in [0.5, 0.6) is 0 Å². The lowest BCUT2D eigenvalue weighted by atomic mass is 10.3. The van der Waals surface area contributed by atoms with Crippen LogP contribution in [0.3, 0.4) is 0 Å². The average Bonchev–Trinajstić information content (AvgIpc) is 2.39. The largest absolute Gasteiger partial charge is 0.292 e. The highest BCUT2D eigenvalue weighted by Gasteiger charge is 2.15. The number of hydrogen-bond acceptors (Lipinski definition) is 4. The molecule has 2 N–H and O–H groups in total. The van der Waals surface area contributed by atoms with E-state index in [1.54, 1.807) is 12.1 Å². The summed E-state index contributed by atoms with van der Waals surface area (Å²) in [4.78, 5) is 19.4. The van der Waals surface area contributed by atoms with Gasteiger partial charge in [-0.25, -0.2) is 20.2 Å². The van der Waals surface area contributed by atoms with Crippen molar-refractivity contribution in [2.75, 3.05) is 5.01 Å². The van der Waals surface area contributed by atoms with E-state index in [0.29, 0.717) is 0 Å². The first kappa shape index (κ1) is 11.2. The molecule has 0 atom stereocenters. The Balaban J connectivity index is 2.23. The maximum atomic E-state index is 12.7. The monoisotopic (exact) mass is 232 g/mol. The molecule has 1 amide bonds. The highest BCUT2D eigenvalue weighted by Crippen LogP contribution is 2.09. The van der Waals surface area contributed by atoms with Crippen LogP contribution >= 0.6 is 0 Å². The van der Waals surface area contributed by atoms with E-state index < -0.39 is 11.7 Å². The lowest BCUT2D eigenvalue weighted by Gasteiger charge is -2.14. The molecule has 2 heterocycles. The molecule has 0 saturated heterocycles.